The van der Waals surface area contributed by atoms with E-state index in [-0.39, 0.29) is 17.5 Å². The summed E-state index contributed by atoms with van der Waals surface area (Å²) in [6.45, 7) is 3.93. The summed E-state index contributed by atoms with van der Waals surface area (Å²) in [5, 5.41) is 0. The van der Waals surface area contributed by atoms with Gasteiger partial charge in [0.1, 0.15) is 11.6 Å². The van der Waals surface area contributed by atoms with E-state index in [0.717, 1.165) is 28.6 Å². The lowest BCUT2D eigenvalue weighted by atomic mass is 10.0. The van der Waals surface area contributed by atoms with Crippen LogP contribution in [-0.4, -0.2) is 15.7 Å². The standard InChI is InChI=1S/C25H21F3N2O/c1-17(2)31-21-10-6-8-19(16-21)18-7-5-9-20(15-18)30-14-13-29-24(30)22-11-3-4-12-23(22)25(26,27)28/h3-17H,1-2H3. The molecule has 3 aromatic carbocycles. The van der Waals surface area contributed by atoms with Crippen molar-refractivity contribution < 1.29 is 17.9 Å². The number of aromatic nitrogens is 2. The van der Waals surface area contributed by atoms with Crippen molar-refractivity contribution in [3.05, 3.63) is 90.8 Å². The van der Waals surface area contributed by atoms with Crippen molar-refractivity contribution in [2.45, 2.75) is 26.1 Å². The molecule has 0 radical (unpaired) electrons. The second-order valence-corrected chi connectivity index (χ2v) is 7.41. The Balaban J connectivity index is 1.76. The van der Waals surface area contributed by atoms with Gasteiger partial charge in [-0.15, -0.1) is 0 Å². The monoisotopic (exact) mass is 422 g/mol. The molecular weight excluding hydrogens is 401 g/mol. The van der Waals surface area contributed by atoms with Crippen LogP contribution >= 0.6 is 0 Å². The van der Waals surface area contributed by atoms with E-state index in [1.54, 1.807) is 16.8 Å². The summed E-state index contributed by atoms with van der Waals surface area (Å²) in [6.07, 6.45) is -1.23. The maximum absolute atomic E-state index is 13.5. The molecule has 0 aliphatic carbocycles. The highest BCUT2D eigenvalue weighted by molar-refractivity contribution is 5.69. The number of benzene rings is 3. The van der Waals surface area contributed by atoms with Gasteiger partial charge < -0.3 is 4.74 Å². The zero-order valence-electron chi connectivity index (χ0n) is 17.1. The van der Waals surface area contributed by atoms with E-state index in [1.165, 1.54) is 18.3 Å². The highest BCUT2D eigenvalue weighted by atomic mass is 19.4. The van der Waals surface area contributed by atoms with Crippen LogP contribution in [0.2, 0.25) is 0 Å². The smallest absolute Gasteiger partial charge is 0.417 e. The predicted octanol–water partition coefficient (Wildman–Crippen LogP) is 7.01. The number of rotatable bonds is 5. The molecule has 0 fully saturated rings. The summed E-state index contributed by atoms with van der Waals surface area (Å²) in [5.41, 5.74) is 1.93. The summed E-state index contributed by atoms with van der Waals surface area (Å²) >= 11 is 0. The SMILES string of the molecule is CC(C)Oc1cccc(-c2cccc(-n3ccnc3-c3ccccc3C(F)(F)F)c2)c1. The van der Waals surface area contributed by atoms with Gasteiger partial charge in [-0.05, 0) is 55.3 Å². The van der Waals surface area contributed by atoms with E-state index in [9.17, 15) is 13.2 Å². The lowest BCUT2D eigenvalue weighted by molar-refractivity contribution is -0.137. The maximum atomic E-state index is 13.5. The lowest BCUT2D eigenvalue weighted by Crippen LogP contribution is -2.09. The fourth-order valence-corrected chi connectivity index (χ4v) is 3.49. The average molecular weight is 422 g/mol. The summed E-state index contributed by atoms with van der Waals surface area (Å²) in [5.74, 6) is 1.00. The van der Waals surface area contributed by atoms with Gasteiger partial charge >= 0.3 is 6.18 Å². The molecule has 4 aromatic rings. The molecule has 0 unspecified atom stereocenters. The van der Waals surface area contributed by atoms with Gasteiger partial charge in [0.05, 0.1) is 11.7 Å². The number of hydrogen-bond donors (Lipinski definition) is 0. The average Bonchev–Trinajstić information content (AvgIpc) is 3.23. The van der Waals surface area contributed by atoms with E-state index >= 15 is 0 Å². The van der Waals surface area contributed by atoms with E-state index in [4.69, 9.17) is 4.74 Å². The van der Waals surface area contributed by atoms with Gasteiger partial charge in [-0.1, -0.05) is 42.5 Å². The van der Waals surface area contributed by atoms with Crippen LogP contribution < -0.4 is 4.74 Å². The van der Waals surface area contributed by atoms with Crippen LogP contribution in [0.1, 0.15) is 19.4 Å². The Labute approximate surface area is 178 Å². The van der Waals surface area contributed by atoms with Crippen molar-refractivity contribution >= 4 is 0 Å². The van der Waals surface area contributed by atoms with Crippen LogP contribution in [-0.2, 0) is 6.18 Å². The first-order valence-electron chi connectivity index (χ1n) is 9.90. The second-order valence-electron chi connectivity index (χ2n) is 7.41. The van der Waals surface area contributed by atoms with E-state index in [1.807, 2.05) is 62.4 Å². The molecule has 3 nitrogen and oxygen atoms in total. The van der Waals surface area contributed by atoms with E-state index < -0.39 is 11.7 Å². The largest absolute Gasteiger partial charge is 0.491 e. The summed E-state index contributed by atoms with van der Waals surface area (Å²) in [4.78, 5) is 4.23. The number of hydrogen-bond acceptors (Lipinski definition) is 2. The Morgan fingerprint density at radius 2 is 1.58 bits per heavy atom. The molecule has 4 rings (SSSR count). The Bertz CT molecular complexity index is 1200. The van der Waals surface area contributed by atoms with Gasteiger partial charge in [0.25, 0.3) is 0 Å². The number of halogens is 3. The van der Waals surface area contributed by atoms with Crippen molar-refractivity contribution in [3.63, 3.8) is 0 Å². The van der Waals surface area contributed by atoms with Crippen LogP contribution in [0.4, 0.5) is 13.2 Å². The molecule has 1 heterocycles. The van der Waals surface area contributed by atoms with Crippen LogP contribution in [0.5, 0.6) is 5.75 Å². The number of ether oxygens (including phenoxy) is 1. The molecule has 0 aliphatic heterocycles. The van der Waals surface area contributed by atoms with Crippen LogP contribution in [0.25, 0.3) is 28.2 Å². The minimum absolute atomic E-state index is 0.0396. The summed E-state index contributed by atoms with van der Waals surface area (Å²) in [6, 6.07) is 20.8. The normalized spacial score (nSPS) is 11.7. The van der Waals surface area contributed by atoms with Gasteiger partial charge in [0.15, 0.2) is 0 Å². The van der Waals surface area contributed by atoms with Crippen molar-refractivity contribution in [3.8, 4) is 34.0 Å². The molecule has 0 bridgehead atoms. The van der Waals surface area contributed by atoms with Gasteiger partial charge in [-0.25, -0.2) is 4.98 Å². The number of alkyl halides is 3. The molecule has 0 aliphatic rings. The molecule has 31 heavy (non-hydrogen) atoms. The molecule has 0 amide bonds. The summed E-state index contributed by atoms with van der Waals surface area (Å²) < 4.78 is 48.1. The predicted molar refractivity (Wildman–Crippen MR) is 115 cm³/mol. The Morgan fingerprint density at radius 3 is 2.32 bits per heavy atom. The van der Waals surface area contributed by atoms with Gasteiger partial charge in [0, 0.05) is 23.6 Å². The van der Waals surface area contributed by atoms with E-state index in [2.05, 4.69) is 4.98 Å². The Morgan fingerprint density at radius 1 is 0.871 bits per heavy atom. The number of nitrogens with zero attached hydrogens (tertiary/aromatic N) is 2. The van der Waals surface area contributed by atoms with Gasteiger partial charge in [0.2, 0.25) is 0 Å². The van der Waals surface area contributed by atoms with Gasteiger partial charge in [-0.2, -0.15) is 13.2 Å². The zero-order valence-corrected chi connectivity index (χ0v) is 17.1. The first kappa shape index (κ1) is 20.7. The van der Waals surface area contributed by atoms with E-state index in [0.29, 0.717) is 0 Å². The molecule has 0 N–H and O–H groups in total. The minimum Gasteiger partial charge on any atom is -0.491 e. The van der Waals surface area contributed by atoms with Crippen LogP contribution in [0, 0.1) is 0 Å². The molecular formula is C25H21F3N2O. The zero-order chi connectivity index (χ0) is 22.0. The second kappa shape index (κ2) is 8.30. The third-order valence-corrected chi connectivity index (χ3v) is 4.78. The fraction of sp³-hybridized carbons (Fsp3) is 0.160. The van der Waals surface area contributed by atoms with Crippen molar-refractivity contribution in [1.82, 2.24) is 9.55 Å². The molecule has 0 saturated carbocycles. The van der Waals surface area contributed by atoms with Crippen LogP contribution in [0.15, 0.2) is 85.2 Å². The first-order chi connectivity index (χ1) is 14.8. The Kier molecular flexibility index (Phi) is 5.55. The van der Waals surface area contributed by atoms with Crippen molar-refractivity contribution in [2.24, 2.45) is 0 Å². The van der Waals surface area contributed by atoms with Gasteiger partial charge in [-0.3, -0.25) is 4.57 Å². The number of imidazole rings is 1. The molecule has 0 atom stereocenters. The molecule has 0 saturated heterocycles. The third-order valence-electron chi connectivity index (χ3n) is 4.78. The fourth-order valence-electron chi connectivity index (χ4n) is 3.49. The first-order valence-corrected chi connectivity index (χ1v) is 9.90. The Hall–Kier alpha value is -3.54. The summed E-state index contributed by atoms with van der Waals surface area (Å²) in [7, 11) is 0. The quantitative estimate of drug-likeness (QED) is 0.346. The minimum atomic E-state index is -4.47. The van der Waals surface area contributed by atoms with Crippen molar-refractivity contribution in [1.29, 1.82) is 0 Å². The highest BCUT2D eigenvalue weighted by Crippen LogP contribution is 2.37. The van der Waals surface area contributed by atoms with Crippen molar-refractivity contribution in [2.75, 3.05) is 0 Å². The highest BCUT2D eigenvalue weighted by Gasteiger charge is 2.34. The molecule has 158 valence electrons. The molecule has 6 heteroatoms. The molecule has 1 aromatic heterocycles. The third kappa shape index (κ3) is 4.48. The van der Waals surface area contributed by atoms with Crippen LogP contribution in [0.3, 0.4) is 0 Å². The molecule has 0 spiro atoms. The lowest BCUT2D eigenvalue weighted by Gasteiger charge is -2.15. The maximum Gasteiger partial charge on any atom is 0.417 e. The topological polar surface area (TPSA) is 27.1 Å².